The summed E-state index contributed by atoms with van der Waals surface area (Å²) in [5, 5.41) is 3.08. The topological polar surface area (TPSA) is 107 Å². The van der Waals surface area contributed by atoms with Crippen molar-refractivity contribution < 1.29 is 22.7 Å². The van der Waals surface area contributed by atoms with E-state index in [4.69, 9.17) is 9.47 Å². The Balaban J connectivity index is 1.56. The van der Waals surface area contributed by atoms with E-state index in [9.17, 15) is 13.2 Å². The molecule has 4 rings (SSSR count). The molecule has 0 spiro atoms. The second kappa shape index (κ2) is 6.15. The van der Waals surface area contributed by atoms with Gasteiger partial charge in [-0.05, 0) is 36.4 Å². The molecule has 10 heteroatoms. The lowest BCUT2D eigenvalue weighted by atomic mass is 10.2. The van der Waals surface area contributed by atoms with E-state index in [1.807, 2.05) is 0 Å². The van der Waals surface area contributed by atoms with E-state index in [1.165, 1.54) is 11.3 Å². The van der Waals surface area contributed by atoms with Gasteiger partial charge in [-0.1, -0.05) is 11.3 Å². The molecule has 2 N–H and O–H groups in total. The van der Waals surface area contributed by atoms with Crippen LogP contribution >= 0.6 is 11.3 Å². The van der Waals surface area contributed by atoms with E-state index < -0.39 is 10.0 Å². The molecule has 0 bridgehead atoms. The number of thiazole rings is 1. The second-order valence-electron chi connectivity index (χ2n) is 5.60. The molecule has 2 heterocycles. The van der Waals surface area contributed by atoms with Crippen LogP contribution in [0.4, 0.5) is 10.8 Å². The average molecular weight is 391 g/mol. The van der Waals surface area contributed by atoms with E-state index in [2.05, 4.69) is 15.0 Å². The van der Waals surface area contributed by atoms with Crippen LogP contribution < -0.4 is 19.5 Å². The lowest BCUT2D eigenvalue weighted by Gasteiger charge is -2.06. The van der Waals surface area contributed by atoms with Crippen LogP contribution in [0.15, 0.2) is 36.4 Å². The van der Waals surface area contributed by atoms with Gasteiger partial charge in [0.25, 0.3) is 5.91 Å². The molecule has 0 aliphatic carbocycles. The standard InChI is InChI=1S/C16H13N3O5S2/c1-26(21,22)19-16-18-11-4-3-10(7-14(11)25-16)17-15(20)9-2-5-12-13(6-9)24-8-23-12/h2-7H,8H2,1H3,(H,17,20)(H,18,19). The second-order valence-corrected chi connectivity index (χ2v) is 8.38. The van der Waals surface area contributed by atoms with E-state index in [1.54, 1.807) is 36.4 Å². The summed E-state index contributed by atoms with van der Waals surface area (Å²) >= 11 is 1.19. The monoisotopic (exact) mass is 391 g/mol. The molecule has 0 fully saturated rings. The number of hydrogen-bond acceptors (Lipinski definition) is 7. The van der Waals surface area contributed by atoms with Gasteiger partial charge in [0.2, 0.25) is 16.8 Å². The first-order valence-corrected chi connectivity index (χ1v) is 10.2. The van der Waals surface area contributed by atoms with Crippen molar-refractivity contribution in [1.29, 1.82) is 0 Å². The number of benzene rings is 2. The molecule has 0 saturated heterocycles. The molecule has 3 aromatic rings. The van der Waals surface area contributed by atoms with Gasteiger partial charge in [0.15, 0.2) is 16.6 Å². The highest BCUT2D eigenvalue weighted by Gasteiger charge is 2.16. The molecule has 26 heavy (non-hydrogen) atoms. The van der Waals surface area contributed by atoms with Gasteiger partial charge in [0, 0.05) is 11.3 Å². The molecule has 2 aromatic carbocycles. The number of carbonyl (C=O) groups excluding carboxylic acids is 1. The summed E-state index contributed by atoms with van der Waals surface area (Å²) in [6, 6.07) is 10.1. The van der Waals surface area contributed by atoms with Crippen LogP contribution in [0.25, 0.3) is 10.2 Å². The van der Waals surface area contributed by atoms with Crippen LogP contribution in [0.2, 0.25) is 0 Å². The van der Waals surface area contributed by atoms with Gasteiger partial charge in [-0.25, -0.2) is 13.4 Å². The first-order valence-electron chi connectivity index (χ1n) is 7.47. The largest absolute Gasteiger partial charge is 0.454 e. The first-order chi connectivity index (χ1) is 12.4. The molecule has 0 unspecified atom stereocenters. The SMILES string of the molecule is CS(=O)(=O)Nc1nc2ccc(NC(=O)c3ccc4c(c3)OCO4)cc2s1. The highest BCUT2D eigenvalue weighted by atomic mass is 32.2. The summed E-state index contributed by atoms with van der Waals surface area (Å²) in [6.45, 7) is 0.145. The molecule has 0 atom stereocenters. The zero-order chi connectivity index (χ0) is 18.3. The highest BCUT2D eigenvalue weighted by molar-refractivity contribution is 7.92. The van der Waals surface area contributed by atoms with E-state index in [-0.39, 0.29) is 17.8 Å². The number of sulfonamides is 1. The Kier molecular flexibility index (Phi) is 3.93. The zero-order valence-electron chi connectivity index (χ0n) is 13.5. The molecule has 1 amide bonds. The fourth-order valence-electron chi connectivity index (χ4n) is 2.45. The van der Waals surface area contributed by atoms with Crippen molar-refractivity contribution in [2.24, 2.45) is 0 Å². The predicted molar refractivity (Wildman–Crippen MR) is 98.6 cm³/mol. The van der Waals surface area contributed by atoms with E-state index in [0.717, 1.165) is 11.0 Å². The fourth-order valence-corrected chi connectivity index (χ4v) is 4.19. The number of aromatic nitrogens is 1. The number of amides is 1. The molecule has 1 aliphatic rings. The van der Waals surface area contributed by atoms with E-state index in [0.29, 0.717) is 28.3 Å². The third kappa shape index (κ3) is 3.41. The Morgan fingerprint density at radius 2 is 1.96 bits per heavy atom. The fraction of sp³-hybridized carbons (Fsp3) is 0.125. The Labute approximate surface area is 152 Å². The number of carbonyl (C=O) groups is 1. The molecule has 0 saturated carbocycles. The molecular formula is C16H13N3O5S2. The summed E-state index contributed by atoms with van der Waals surface area (Å²) in [6.07, 6.45) is 1.07. The molecule has 134 valence electrons. The Morgan fingerprint density at radius 3 is 2.77 bits per heavy atom. The first kappa shape index (κ1) is 16.6. The van der Waals surface area contributed by atoms with Crippen LogP contribution in [0.1, 0.15) is 10.4 Å². The molecule has 8 nitrogen and oxygen atoms in total. The van der Waals surface area contributed by atoms with Crippen LogP contribution in [-0.2, 0) is 10.0 Å². The van der Waals surface area contributed by atoms with Gasteiger partial charge < -0.3 is 14.8 Å². The highest BCUT2D eigenvalue weighted by Crippen LogP contribution is 2.33. The lowest BCUT2D eigenvalue weighted by molar-refractivity contribution is 0.102. The minimum absolute atomic E-state index is 0.145. The molecule has 1 aliphatic heterocycles. The Morgan fingerprint density at radius 1 is 1.15 bits per heavy atom. The minimum atomic E-state index is -3.39. The molecular weight excluding hydrogens is 378 g/mol. The summed E-state index contributed by atoms with van der Waals surface area (Å²) in [7, 11) is -3.39. The van der Waals surface area contributed by atoms with Gasteiger partial charge in [0.05, 0.1) is 16.5 Å². The van der Waals surface area contributed by atoms with Crippen molar-refractivity contribution in [2.45, 2.75) is 0 Å². The van der Waals surface area contributed by atoms with Gasteiger partial charge in [0.1, 0.15) is 0 Å². The van der Waals surface area contributed by atoms with Gasteiger partial charge in [-0.3, -0.25) is 9.52 Å². The predicted octanol–water partition coefficient (Wildman–Crippen LogP) is 2.65. The normalized spacial score (nSPS) is 13.0. The maximum Gasteiger partial charge on any atom is 0.255 e. The Hall–Kier alpha value is -2.85. The van der Waals surface area contributed by atoms with Gasteiger partial charge >= 0.3 is 0 Å². The third-order valence-corrected chi connectivity index (χ3v) is 5.18. The van der Waals surface area contributed by atoms with Crippen molar-refractivity contribution in [1.82, 2.24) is 4.98 Å². The van der Waals surface area contributed by atoms with Crippen LogP contribution in [0.5, 0.6) is 11.5 Å². The van der Waals surface area contributed by atoms with Crippen molar-refractivity contribution in [3.8, 4) is 11.5 Å². The minimum Gasteiger partial charge on any atom is -0.454 e. The number of nitrogens with one attached hydrogen (secondary N) is 2. The molecule has 0 radical (unpaired) electrons. The number of anilines is 2. The van der Waals surface area contributed by atoms with Crippen LogP contribution in [0, 0.1) is 0 Å². The number of rotatable bonds is 4. The van der Waals surface area contributed by atoms with Crippen LogP contribution in [0.3, 0.4) is 0 Å². The average Bonchev–Trinajstić information content (AvgIpc) is 3.17. The maximum absolute atomic E-state index is 12.4. The summed E-state index contributed by atoms with van der Waals surface area (Å²) in [4.78, 5) is 16.6. The zero-order valence-corrected chi connectivity index (χ0v) is 15.1. The number of nitrogens with zero attached hydrogens (tertiary/aromatic N) is 1. The van der Waals surface area contributed by atoms with Crippen molar-refractivity contribution >= 4 is 48.3 Å². The van der Waals surface area contributed by atoms with Crippen molar-refractivity contribution in [3.05, 3.63) is 42.0 Å². The summed E-state index contributed by atoms with van der Waals surface area (Å²) in [5.41, 5.74) is 1.66. The Bertz CT molecular complexity index is 1120. The van der Waals surface area contributed by atoms with E-state index >= 15 is 0 Å². The number of hydrogen-bond donors (Lipinski definition) is 2. The van der Waals surface area contributed by atoms with Crippen LogP contribution in [-0.4, -0.2) is 32.4 Å². The quantitative estimate of drug-likeness (QED) is 0.708. The molecule has 1 aromatic heterocycles. The number of ether oxygens (including phenoxy) is 2. The third-order valence-electron chi connectivity index (χ3n) is 3.55. The smallest absolute Gasteiger partial charge is 0.255 e. The van der Waals surface area contributed by atoms with Crippen molar-refractivity contribution in [2.75, 3.05) is 23.1 Å². The maximum atomic E-state index is 12.4. The summed E-state index contributed by atoms with van der Waals surface area (Å²) in [5.74, 6) is 0.854. The van der Waals surface area contributed by atoms with Gasteiger partial charge in [-0.15, -0.1) is 0 Å². The van der Waals surface area contributed by atoms with Crippen molar-refractivity contribution in [3.63, 3.8) is 0 Å². The summed E-state index contributed by atoms with van der Waals surface area (Å²) < 4.78 is 36.2. The van der Waals surface area contributed by atoms with Gasteiger partial charge in [-0.2, -0.15) is 0 Å². The number of fused-ring (bicyclic) bond motifs is 2. The lowest BCUT2D eigenvalue weighted by Crippen LogP contribution is -2.11.